The third-order valence-corrected chi connectivity index (χ3v) is 5.77. The van der Waals surface area contributed by atoms with Crippen molar-refractivity contribution in [2.45, 2.75) is 70.1 Å². The van der Waals surface area contributed by atoms with E-state index in [0.717, 1.165) is 0 Å². The van der Waals surface area contributed by atoms with Gasteiger partial charge >= 0.3 is 11.9 Å². The zero-order valence-corrected chi connectivity index (χ0v) is 19.5. The van der Waals surface area contributed by atoms with Crippen molar-refractivity contribution in [3.05, 3.63) is 0 Å². The highest BCUT2D eigenvalue weighted by Crippen LogP contribution is 2.21. The summed E-state index contributed by atoms with van der Waals surface area (Å²) in [7, 11) is 0. The summed E-state index contributed by atoms with van der Waals surface area (Å²) in [5, 5.41) is 23.0. The van der Waals surface area contributed by atoms with Crippen LogP contribution in [0.2, 0.25) is 0 Å². The number of carboxylic acids is 2. The van der Waals surface area contributed by atoms with Crippen LogP contribution in [-0.2, 0) is 24.0 Å². The summed E-state index contributed by atoms with van der Waals surface area (Å²) in [4.78, 5) is 61.9. The second-order valence-electron chi connectivity index (χ2n) is 8.27. The van der Waals surface area contributed by atoms with E-state index in [2.05, 4.69) is 10.6 Å². The summed E-state index contributed by atoms with van der Waals surface area (Å²) in [5.74, 6) is -3.66. The van der Waals surface area contributed by atoms with Crippen molar-refractivity contribution in [3.63, 3.8) is 0 Å². The number of carbonyl (C=O) groups excluding carboxylic acids is 3. The number of hydrogen-bond donors (Lipinski definition) is 5. The molecule has 4 unspecified atom stereocenters. The van der Waals surface area contributed by atoms with Gasteiger partial charge in [-0.15, -0.1) is 0 Å². The monoisotopic (exact) mass is 474 g/mol. The van der Waals surface area contributed by atoms with E-state index in [1.165, 1.54) is 4.90 Å². The van der Waals surface area contributed by atoms with Gasteiger partial charge in [-0.3, -0.25) is 19.2 Å². The van der Waals surface area contributed by atoms with Gasteiger partial charge < -0.3 is 31.5 Å². The van der Waals surface area contributed by atoms with Gasteiger partial charge in [0.1, 0.15) is 18.1 Å². The molecule has 182 valence electrons. The molecule has 6 N–H and O–H groups in total. The molecule has 0 bridgehead atoms. The molecule has 1 saturated heterocycles. The van der Waals surface area contributed by atoms with Crippen molar-refractivity contribution >= 4 is 41.4 Å². The fourth-order valence-corrected chi connectivity index (χ4v) is 3.98. The minimum Gasteiger partial charge on any atom is -0.481 e. The Morgan fingerprint density at radius 3 is 2.31 bits per heavy atom. The molecule has 0 aromatic rings. The fraction of sp³-hybridized carbons (Fsp3) is 0.750. The number of hydrogen-bond acceptors (Lipinski definition) is 7. The highest BCUT2D eigenvalue weighted by Gasteiger charge is 2.39. The Morgan fingerprint density at radius 1 is 1.12 bits per heavy atom. The molecule has 0 spiro atoms. The number of nitrogens with zero attached hydrogens (tertiary/aromatic N) is 1. The summed E-state index contributed by atoms with van der Waals surface area (Å²) < 4.78 is 0. The second kappa shape index (κ2) is 13.3. The zero-order valence-electron chi connectivity index (χ0n) is 18.7. The predicted octanol–water partition coefficient (Wildman–Crippen LogP) is -0.367. The molecular formula is C20H34N4O7S. The molecule has 0 aromatic heterocycles. The van der Waals surface area contributed by atoms with Crippen LogP contribution in [0.15, 0.2) is 0 Å². The number of nitrogens with one attached hydrogen (secondary N) is 2. The molecule has 4 atom stereocenters. The van der Waals surface area contributed by atoms with Crippen LogP contribution >= 0.6 is 11.8 Å². The summed E-state index contributed by atoms with van der Waals surface area (Å²) in [6.45, 7) is 4.08. The van der Waals surface area contributed by atoms with E-state index < -0.39 is 60.2 Å². The third kappa shape index (κ3) is 8.65. The SMILES string of the molecule is CSCCC(N)C(=O)NC(CC(C)C)C(=O)N1CCCC1C(=O)NC(CC(=O)O)C(=O)O. The molecule has 0 aliphatic carbocycles. The lowest BCUT2D eigenvalue weighted by Gasteiger charge is -2.30. The standard InChI is InChI=1S/C20H34N4O7S/c1-11(2)9-13(22-17(27)12(21)6-8-32-3)19(29)24-7-4-5-15(24)18(28)23-14(20(30)31)10-16(25)26/h11-15H,4-10,21H2,1-3H3,(H,22,27)(H,23,28)(H,25,26)(H,30,31). The Labute approximate surface area is 191 Å². The zero-order chi connectivity index (χ0) is 24.4. The van der Waals surface area contributed by atoms with Crippen LogP contribution < -0.4 is 16.4 Å². The molecule has 3 amide bonds. The number of rotatable bonds is 13. The third-order valence-electron chi connectivity index (χ3n) is 5.12. The Kier molecular flexibility index (Phi) is 11.5. The fourth-order valence-electron chi connectivity index (χ4n) is 3.49. The lowest BCUT2D eigenvalue weighted by Crippen LogP contribution is -2.57. The van der Waals surface area contributed by atoms with Crippen LogP contribution in [0.5, 0.6) is 0 Å². The van der Waals surface area contributed by atoms with Gasteiger partial charge in [0.25, 0.3) is 0 Å². The number of aliphatic carboxylic acids is 2. The van der Waals surface area contributed by atoms with E-state index in [9.17, 15) is 24.0 Å². The Hall–Kier alpha value is -2.34. The maximum Gasteiger partial charge on any atom is 0.326 e. The predicted molar refractivity (Wildman–Crippen MR) is 119 cm³/mol. The second-order valence-corrected chi connectivity index (χ2v) is 9.25. The van der Waals surface area contributed by atoms with Crippen molar-refractivity contribution in [1.82, 2.24) is 15.5 Å². The van der Waals surface area contributed by atoms with Gasteiger partial charge in [-0.2, -0.15) is 11.8 Å². The Morgan fingerprint density at radius 2 is 1.78 bits per heavy atom. The van der Waals surface area contributed by atoms with Gasteiger partial charge in [-0.05, 0) is 43.6 Å². The quantitative estimate of drug-likeness (QED) is 0.238. The van der Waals surface area contributed by atoms with Crippen LogP contribution in [0.4, 0.5) is 0 Å². The van der Waals surface area contributed by atoms with Crippen LogP contribution in [0.3, 0.4) is 0 Å². The van der Waals surface area contributed by atoms with Gasteiger partial charge in [0.2, 0.25) is 17.7 Å². The van der Waals surface area contributed by atoms with Gasteiger partial charge in [0, 0.05) is 6.54 Å². The van der Waals surface area contributed by atoms with Crippen LogP contribution in [0, 0.1) is 5.92 Å². The van der Waals surface area contributed by atoms with Crippen molar-refractivity contribution < 1.29 is 34.2 Å². The summed E-state index contributed by atoms with van der Waals surface area (Å²) in [5.41, 5.74) is 5.92. The minimum atomic E-state index is -1.60. The summed E-state index contributed by atoms with van der Waals surface area (Å²) in [6.07, 6.45) is 2.77. The normalized spacial score (nSPS) is 18.7. The highest BCUT2D eigenvalue weighted by molar-refractivity contribution is 7.98. The molecule has 1 rings (SSSR count). The smallest absolute Gasteiger partial charge is 0.326 e. The van der Waals surface area contributed by atoms with Crippen LogP contribution in [0.1, 0.15) is 46.0 Å². The van der Waals surface area contributed by atoms with E-state index in [1.807, 2.05) is 20.1 Å². The van der Waals surface area contributed by atoms with Crippen LogP contribution in [-0.4, -0.2) is 87.5 Å². The van der Waals surface area contributed by atoms with E-state index in [0.29, 0.717) is 31.4 Å². The lowest BCUT2D eigenvalue weighted by molar-refractivity contribution is -0.148. The number of nitrogens with two attached hydrogens (primary N) is 1. The lowest BCUT2D eigenvalue weighted by atomic mass is 10.0. The molecule has 1 fully saturated rings. The maximum atomic E-state index is 13.2. The van der Waals surface area contributed by atoms with E-state index >= 15 is 0 Å². The van der Waals surface area contributed by atoms with Gasteiger partial charge in [0.15, 0.2) is 0 Å². The number of carboxylic acid groups (broad SMARTS) is 2. The van der Waals surface area contributed by atoms with Crippen molar-refractivity contribution in [1.29, 1.82) is 0 Å². The first-order valence-electron chi connectivity index (χ1n) is 10.6. The highest BCUT2D eigenvalue weighted by atomic mass is 32.2. The van der Waals surface area contributed by atoms with Crippen molar-refractivity contribution in [2.75, 3.05) is 18.6 Å². The maximum absolute atomic E-state index is 13.2. The van der Waals surface area contributed by atoms with E-state index in [4.69, 9.17) is 15.9 Å². The van der Waals surface area contributed by atoms with Gasteiger partial charge in [-0.25, -0.2) is 4.79 Å². The molecule has 1 aliphatic heterocycles. The first-order valence-corrected chi connectivity index (χ1v) is 12.0. The number of thioether (sulfide) groups is 1. The molecule has 11 nitrogen and oxygen atoms in total. The summed E-state index contributed by atoms with van der Waals surface area (Å²) in [6, 6.07) is -4.16. The number of likely N-dealkylation sites (tertiary alicyclic amines) is 1. The van der Waals surface area contributed by atoms with Gasteiger partial charge in [-0.1, -0.05) is 13.8 Å². The Balaban J connectivity index is 2.93. The summed E-state index contributed by atoms with van der Waals surface area (Å²) >= 11 is 1.56. The molecular weight excluding hydrogens is 440 g/mol. The largest absolute Gasteiger partial charge is 0.481 e. The molecule has 0 saturated carbocycles. The first-order chi connectivity index (χ1) is 15.0. The molecule has 1 aliphatic rings. The van der Waals surface area contributed by atoms with E-state index in [1.54, 1.807) is 11.8 Å². The Bertz CT molecular complexity index is 703. The first kappa shape index (κ1) is 27.7. The number of amides is 3. The average molecular weight is 475 g/mol. The molecule has 32 heavy (non-hydrogen) atoms. The molecule has 0 aromatic carbocycles. The average Bonchev–Trinajstić information content (AvgIpc) is 3.19. The topological polar surface area (TPSA) is 179 Å². The van der Waals surface area contributed by atoms with Crippen molar-refractivity contribution in [2.24, 2.45) is 11.7 Å². The van der Waals surface area contributed by atoms with Gasteiger partial charge in [0.05, 0.1) is 12.5 Å². The van der Waals surface area contributed by atoms with Crippen molar-refractivity contribution in [3.8, 4) is 0 Å². The van der Waals surface area contributed by atoms with Crippen LogP contribution in [0.25, 0.3) is 0 Å². The minimum absolute atomic E-state index is 0.0773. The molecule has 12 heteroatoms. The number of carbonyl (C=O) groups is 5. The molecule has 1 heterocycles. The van der Waals surface area contributed by atoms with E-state index in [-0.39, 0.29) is 12.5 Å². The molecule has 0 radical (unpaired) electrons.